The Kier molecular flexibility index (Phi) is 4.37. The standard InChI is InChI=1S/C13H14BrNO2S/c1-8(16)12-5-10(14)3-4-13(12)17-7-11-6-15-9(2)18-11/h3-6,8,16H,7H2,1-2H3/t8-/m0/s1. The van der Waals surface area contributed by atoms with E-state index in [4.69, 9.17) is 4.74 Å². The van der Waals surface area contributed by atoms with Crippen molar-refractivity contribution in [2.75, 3.05) is 0 Å². The molecule has 1 heterocycles. The van der Waals surface area contributed by atoms with Gasteiger partial charge in [0.1, 0.15) is 12.4 Å². The van der Waals surface area contributed by atoms with E-state index in [2.05, 4.69) is 20.9 Å². The van der Waals surface area contributed by atoms with E-state index >= 15 is 0 Å². The Morgan fingerprint density at radius 1 is 1.50 bits per heavy atom. The molecule has 0 radical (unpaired) electrons. The third-order valence-corrected chi connectivity index (χ3v) is 3.84. The highest BCUT2D eigenvalue weighted by Gasteiger charge is 2.10. The fraction of sp³-hybridized carbons (Fsp3) is 0.308. The van der Waals surface area contributed by atoms with Gasteiger partial charge in [-0.15, -0.1) is 11.3 Å². The van der Waals surface area contributed by atoms with Crippen molar-refractivity contribution in [3.8, 4) is 5.75 Å². The number of thiazole rings is 1. The molecule has 2 rings (SSSR count). The Hall–Kier alpha value is -0.910. The van der Waals surface area contributed by atoms with Crippen LogP contribution < -0.4 is 4.74 Å². The van der Waals surface area contributed by atoms with Gasteiger partial charge in [0.25, 0.3) is 0 Å². The lowest BCUT2D eigenvalue weighted by Crippen LogP contribution is -2.00. The third-order valence-electron chi connectivity index (χ3n) is 2.46. The molecule has 0 aliphatic carbocycles. The number of hydrogen-bond acceptors (Lipinski definition) is 4. The minimum atomic E-state index is -0.555. The smallest absolute Gasteiger partial charge is 0.125 e. The van der Waals surface area contributed by atoms with E-state index in [1.807, 2.05) is 31.3 Å². The van der Waals surface area contributed by atoms with Crippen molar-refractivity contribution in [2.24, 2.45) is 0 Å². The quantitative estimate of drug-likeness (QED) is 0.927. The summed E-state index contributed by atoms with van der Waals surface area (Å²) < 4.78 is 6.67. The van der Waals surface area contributed by atoms with Crippen LogP contribution in [0.25, 0.3) is 0 Å². The van der Waals surface area contributed by atoms with Gasteiger partial charge in [0.05, 0.1) is 16.0 Å². The lowest BCUT2D eigenvalue weighted by atomic mass is 10.1. The lowest BCUT2D eigenvalue weighted by molar-refractivity contribution is 0.190. The number of ether oxygens (including phenoxy) is 1. The van der Waals surface area contributed by atoms with Gasteiger partial charge in [-0.25, -0.2) is 4.98 Å². The fourth-order valence-electron chi connectivity index (χ4n) is 1.60. The molecule has 0 amide bonds. The van der Waals surface area contributed by atoms with E-state index in [1.165, 1.54) is 0 Å². The minimum Gasteiger partial charge on any atom is -0.488 e. The molecule has 5 heteroatoms. The third kappa shape index (κ3) is 3.31. The van der Waals surface area contributed by atoms with Gasteiger partial charge in [0.2, 0.25) is 0 Å². The number of aliphatic hydroxyl groups is 1. The van der Waals surface area contributed by atoms with Crippen LogP contribution in [0.2, 0.25) is 0 Å². The molecule has 1 aromatic heterocycles. The number of hydrogen-bond donors (Lipinski definition) is 1. The first-order chi connectivity index (χ1) is 8.56. The molecular weight excluding hydrogens is 314 g/mol. The summed E-state index contributed by atoms with van der Waals surface area (Å²) in [5.41, 5.74) is 0.783. The predicted octanol–water partition coefficient (Wildman–Crippen LogP) is 3.85. The summed E-state index contributed by atoms with van der Waals surface area (Å²) in [5, 5.41) is 10.7. The maximum atomic E-state index is 9.72. The molecule has 0 fully saturated rings. The summed E-state index contributed by atoms with van der Waals surface area (Å²) >= 11 is 5.01. The van der Waals surface area contributed by atoms with Crippen molar-refractivity contribution in [1.29, 1.82) is 0 Å². The average molecular weight is 328 g/mol. The zero-order chi connectivity index (χ0) is 13.1. The Morgan fingerprint density at radius 3 is 2.89 bits per heavy atom. The van der Waals surface area contributed by atoms with Gasteiger partial charge in [0, 0.05) is 16.2 Å². The van der Waals surface area contributed by atoms with Crippen LogP contribution in [0.5, 0.6) is 5.75 Å². The second-order valence-corrected chi connectivity index (χ2v) is 6.23. The SMILES string of the molecule is Cc1ncc(COc2ccc(Br)cc2[C@H](C)O)s1. The van der Waals surface area contributed by atoms with Crippen molar-refractivity contribution in [3.63, 3.8) is 0 Å². The molecular formula is C13H14BrNO2S. The molecule has 18 heavy (non-hydrogen) atoms. The van der Waals surface area contributed by atoms with Crippen LogP contribution in [0.1, 0.15) is 28.5 Å². The van der Waals surface area contributed by atoms with Crippen molar-refractivity contribution < 1.29 is 9.84 Å². The molecule has 3 nitrogen and oxygen atoms in total. The fourth-order valence-corrected chi connectivity index (χ4v) is 2.69. The van der Waals surface area contributed by atoms with Crippen molar-refractivity contribution in [3.05, 3.63) is 44.3 Å². The molecule has 0 saturated heterocycles. The largest absolute Gasteiger partial charge is 0.488 e. The maximum absolute atomic E-state index is 9.72. The summed E-state index contributed by atoms with van der Waals surface area (Å²) in [5.74, 6) is 0.708. The molecule has 1 atom stereocenters. The Bertz CT molecular complexity index is 540. The Morgan fingerprint density at radius 2 is 2.28 bits per heavy atom. The van der Waals surface area contributed by atoms with Gasteiger partial charge < -0.3 is 9.84 Å². The number of aliphatic hydroxyl groups excluding tert-OH is 1. The van der Waals surface area contributed by atoms with E-state index < -0.39 is 6.10 Å². The van der Waals surface area contributed by atoms with Crippen molar-refractivity contribution in [1.82, 2.24) is 4.98 Å². The van der Waals surface area contributed by atoms with Crippen molar-refractivity contribution in [2.45, 2.75) is 26.6 Å². The summed E-state index contributed by atoms with van der Waals surface area (Å²) in [6, 6.07) is 5.64. The monoisotopic (exact) mass is 327 g/mol. The molecule has 0 unspecified atom stereocenters. The van der Waals surface area contributed by atoms with Gasteiger partial charge in [0.15, 0.2) is 0 Å². The number of rotatable bonds is 4. The average Bonchev–Trinajstić information content (AvgIpc) is 2.73. The molecule has 96 valence electrons. The maximum Gasteiger partial charge on any atom is 0.125 e. The van der Waals surface area contributed by atoms with Crippen LogP contribution in [-0.4, -0.2) is 10.1 Å². The molecule has 0 saturated carbocycles. The molecule has 1 N–H and O–H groups in total. The first-order valence-electron chi connectivity index (χ1n) is 5.58. The highest BCUT2D eigenvalue weighted by atomic mass is 79.9. The molecule has 0 bridgehead atoms. The highest BCUT2D eigenvalue weighted by molar-refractivity contribution is 9.10. The number of aryl methyl sites for hydroxylation is 1. The summed E-state index contributed by atoms with van der Waals surface area (Å²) in [6.45, 7) is 4.17. The second kappa shape index (κ2) is 5.82. The molecule has 0 spiro atoms. The molecule has 2 aromatic rings. The predicted molar refractivity (Wildman–Crippen MR) is 76.0 cm³/mol. The van der Waals surface area contributed by atoms with E-state index in [-0.39, 0.29) is 0 Å². The number of aromatic nitrogens is 1. The topological polar surface area (TPSA) is 42.4 Å². The molecule has 0 aliphatic heterocycles. The van der Waals surface area contributed by atoms with Gasteiger partial charge in [-0.05, 0) is 32.0 Å². The van der Waals surface area contributed by atoms with Gasteiger partial charge in [-0.1, -0.05) is 15.9 Å². The first kappa shape index (κ1) is 13.5. The van der Waals surface area contributed by atoms with Crippen molar-refractivity contribution >= 4 is 27.3 Å². The number of nitrogens with zero attached hydrogens (tertiary/aromatic N) is 1. The zero-order valence-electron chi connectivity index (χ0n) is 10.2. The summed E-state index contributed by atoms with van der Waals surface area (Å²) in [7, 11) is 0. The summed E-state index contributed by atoms with van der Waals surface area (Å²) in [6.07, 6.45) is 1.27. The lowest BCUT2D eigenvalue weighted by Gasteiger charge is -2.13. The molecule has 1 aromatic carbocycles. The van der Waals surface area contributed by atoms with E-state index in [0.29, 0.717) is 12.4 Å². The van der Waals surface area contributed by atoms with E-state index in [1.54, 1.807) is 18.3 Å². The highest BCUT2D eigenvalue weighted by Crippen LogP contribution is 2.29. The first-order valence-corrected chi connectivity index (χ1v) is 7.19. The van der Waals surface area contributed by atoms with Gasteiger partial charge in [-0.2, -0.15) is 0 Å². The minimum absolute atomic E-state index is 0.479. The summed E-state index contributed by atoms with van der Waals surface area (Å²) in [4.78, 5) is 5.26. The van der Waals surface area contributed by atoms with Crippen LogP contribution in [0.3, 0.4) is 0 Å². The Labute approximate surface area is 119 Å². The Balaban J connectivity index is 2.13. The number of halogens is 1. The second-order valence-electron chi connectivity index (χ2n) is 3.99. The molecule has 0 aliphatic rings. The van der Waals surface area contributed by atoms with Crippen LogP contribution in [0, 0.1) is 6.92 Å². The normalized spacial score (nSPS) is 12.4. The van der Waals surface area contributed by atoms with Crippen LogP contribution in [0.15, 0.2) is 28.9 Å². The number of benzene rings is 1. The van der Waals surface area contributed by atoms with Crippen LogP contribution >= 0.6 is 27.3 Å². The zero-order valence-corrected chi connectivity index (χ0v) is 12.6. The van der Waals surface area contributed by atoms with Crippen LogP contribution in [-0.2, 0) is 6.61 Å². The van der Waals surface area contributed by atoms with Crippen LogP contribution in [0.4, 0.5) is 0 Å². The van der Waals surface area contributed by atoms with Gasteiger partial charge >= 0.3 is 0 Å². The van der Waals surface area contributed by atoms with E-state index in [0.717, 1.165) is 19.9 Å². The van der Waals surface area contributed by atoms with Gasteiger partial charge in [-0.3, -0.25) is 0 Å². The van der Waals surface area contributed by atoms with E-state index in [9.17, 15) is 5.11 Å².